The van der Waals surface area contributed by atoms with Gasteiger partial charge in [-0.2, -0.15) is 10.1 Å². The number of hydrogen-bond donors (Lipinski definition) is 2. The Morgan fingerprint density at radius 1 is 1.10 bits per heavy atom. The number of para-hydroxylation sites is 1. The van der Waals surface area contributed by atoms with Crippen LogP contribution in [-0.4, -0.2) is 20.7 Å². The van der Waals surface area contributed by atoms with E-state index >= 15 is 0 Å². The van der Waals surface area contributed by atoms with Crippen molar-refractivity contribution in [2.24, 2.45) is 0 Å². The van der Waals surface area contributed by atoms with Crippen molar-refractivity contribution in [3.63, 3.8) is 0 Å². The van der Waals surface area contributed by atoms with Gasteiger partial charge in [0, 0.05) is 11.2 Å². The van der Waals surface area contributed by atoms with Gasteiger partial charge in [0.05, 0.1) is 6.20 Å². The Hall–Kier alpha value is -2.17. The van der Waals surface area contributed by atoms with Crippen molar-refractivity contribution in [3.05, 3.63) is 36.0 Å². The maximum absolute atomic E-state index is 4.46. The van der Waals surface area contributed by atoms with E-state index in [0.29, 0.717) is 17.7 Å². The molecule has 0 amide bonds. The first-order valence-electron chi connectivity index (χ1n) is 7.19. The molecule has 1 aromatic carbocycles. The van der Waals surface area contributed by atoms with Crippen LogP contribution in [0, 0.1) is 0 Å². The van der Waals surface area contributed by atoms with E-state index < -0.39 is 0 Å². The Bertz CT molecular complexity index is 602. The zero-order valence-corrected chi connectivity index (χ0v) is 13.3. The minimum Gasteiger partial charge on any atom is -0.348 e. The molecule has 0 fully saturated rings. The van der Waals surface area contributed by atoms with Crippen LogP contribution < -0.4 is 10.6 Å². The first-order valence-corrected chi connectivity index (χ1v) is 7.19. The van der Waals surface area contributed by atoms with E-state index in [9.17, 15) is 0 Å². The van der Waals surface area contributed by atoms with Crippen molar-refractivity contribution in [2.45, 2.75) is 46.1 Å². The van der Waals surface area contributed by atoms with Gasteiger partial charge in [0.1, 0.15) is 0 Å². The van der Waals surface area contributed by atoms with Gasteiger partial charge in [0.15, 0.2) is 5.82 Å². The number of rotatable bonds is 4. The highest BCUT2D eigenvalue weighted by Crippen LogP contribution is 2.26. The first-order chi connectivity index (χ1) is 9.85. The molecule has 0 radical (unpaired) electrons. The number of nitrogens with zero attached hydrogens (tertiary/aromatic N) is 3. The predicted octanol–water partition coefficient (Wildman–Crippen LogP) is 3.95. The van der Waals surface area contributed by atoms with E-state index in [0.717, 1.165) is 5.69 Å². The van der Waals surface area contributed by atoms with Crippen molar-refractivity contribution >= 4 is 17.5 Å². The van der Waals surface area contributed by atoms with Crippen LogP contribution in [0.15, 0.2) is 30.5 Å². The summed E-state index contributed by atoms with van der Waals surface area (Å²) in [5.74, 6) is 1.65. The summed E-state index contributed by atoms with van der Waals surface area (Å²) in [6.07, 6.45) is 1.63. The molecular formula is C16H23N5. The molecule has 0 atom stereocenters. The molecule has 0 bridgehead atoms. The topological polar surface area (TPSA) is 62.7 Å². The number of anilines is 3. The molecular weight excluding hydrogens is 262 g/mol. The number of aromatic nitrogens is 3. The standard InChI is InChI=1S/C16H23N5/c1-11(2)12-8-6-7-9-13(12)18-14-10-17-21-15(19-14)20-16(3,4)5/h6-11H,1-5H3,(H2,18,19,20,21). The highest BCUT2D eigenvalue weighted by molar-refractivity contribution is 5.61. The molecule has 2 rings (SSSR count). The van der Waals surface area contributed by atoms with Crippen molar-refractivity contribution in [2.75, 3.05) is 10.6 Å². The minimum absolute atomic E-state index is 0.101. The van der Waals surface area contributed by atoms with E-state index in [1.807, 2.05) is 18.2 Å². The second-order valence-electron chi connectivity index (χ2n) is 6.41. The second kappa shape index (κ2) is 6.08. The molecule has 2 N–H and O–H groups in total. The quantitative estimate of drug-likeness (QED) is 0.890. The fourth-order valence-electron chi connectivity index (χ4n) is 2.00. The molecule has 1 heterocycles. The highest BCUT2D eigenvalue weighted by Gasteiger charge is 2.12. The third-order valence-corrected chi connectivity index (χ3v) is 2.89. The summed E-state index contributed by atoms with van der Waals surface area (Å²) in [6.45, 7) is 10.5. The average Bonchev–Trinajstić information content (AvgIpc) is 2.37. The molecule has 0 aliphatic rings. The van der Waals surface area contributed by atoms with Gasteiger partial charge in [-0.25, -0.2) is 0 Å². The summed E-state index contributed by atoms with van der Waals surface area (Å²) in [6, 6.07) is 8.23. The molecule has 0 aliphatic heterocycles. The smallest absolute Gasteiger partial charge is 0.245 e. The zero-order valence-electron chi connectivity index (χ0n) is 13.3. The van der Waals surface area contributed by atoms with Gasteiger partial charge in [-0.15, -0.1) is 5.10 Å². The van der Waals surface area contributed by atoms with Crippen LogP contribution in [0.1, 0.15) is 46.1 Å². The Labute approximate surface area is 126 Å². The molecule has 0 spiro atoms. The predicted molar refractivity (Wildman–Crippen MR) is 87.0 cm³/mol. The van der Waals surface area contributed by atoms with Crippen LogP contribution in [0.4, 0.5) is 17.5 Å². The van der Waals surface area contributed by atoms with E-state index in [1.54, 1.807) is 6.20 Å². The molecule has 2 aromatic rings. The Kier molecular flexibility index (Phi) is 4.40. The van der Waals surface area contributed by atoms with Crippen LogP contribution in [0.25, 0.3) is 0 Å². The van der Waals surface area contributed by atoms with Gasteiger partial charge < -0.3 is 10.6 Å². The van der Waals surface area contributed by atoms with Crippen LogP contribution in [0.3, 0.4) is 0 Å². The van der Waals surface area contributed by atoms with E-state index in [-0.39, 0.29) is 5.54 Å². The Balaban J connectivity index is 2.23. The molecule has 0 saturated carbocycles. The van der Waals surface area contributed by atoms with Gasteiger partial charge in [0.2, 0.25) is 5.95 Å². The molecule has 112 valence electrons. The summed E-state index contributed by atoms with van der Waals surface area (Å²) in [5.41, 5.74) is 2.20. The van der Waals surface area contributed by atoms with Crippen LogP contribution in [0.2, 0.25) is 0 Å². The SMILES string of the molecule is CC(C)c1ccccc1Nc1cnnc(NC(C)(C)C)n1. The Morgan fingerprint density at radius 3 is 2.48 bits per heavy atom. The van der Waals surface area contributed by atoms with Gasteiger partial charge in [-0.1, -0.05) is 32.0 Å². The van der Waals surface area contributed by atoms with Crippen molar-refractivity contribution in [1.82, 2.24) is 15.2 Å². The largest absolute Gasteiger partial charge is 0.348 e. The summed E-state index contributed by atoms with van der Waals surface area (Å²) in [5, 5.41) is 14.6. The van der Waals surface area contributed by atoms with Crippen LogP contribution in [-0.2, 0) is 0 Å². The fraction of sp³-hybridized carbons (Fsp3) is 0.438. The monoisotopic (exact) mass is 285 g/mol. The molecule has 0 aliphatic carbocycles. The maximum Gasteiger partial charge on any atom is 0.245 e. The zero-order chi connectivity index (χ0) is 15.5. The highest BCUT2D eigenvalue weighted by atomic mass is 15.3. The average molecular weight is 285 g/mol. The first kappa shape index (κ1) is 15.2. The third kappa shape index (κ3) is 4.41. The van der Waals surface area contributed by atoms with Crippen LogP contribution >= 0.6 is 0 Å². The molecule has 0 saturated heterocycles. The number of nitrogens with one attached hydrogen (secondary N) is 2. The lowest BCUT2D eigenvalue weighted by Gasteiger charge is -2.20. The molecule has 5 nitrogen and oxygen atoms in total. The Morgan fingerprint density at radius 2 is 1.81 bits per heavy atom. The second-order valence-corrected chi connectivity index (χ2v) is 6.41. The van der Waals surface area contributed by atoms with Gasteiger partial charge >= 0.3 is 0 Å². The third-order valence-electron chi connectivity index (χ3n) is 2.89. The van der Waals surface area contributed by atoms with E-state index in [1.165, 1.54) is 5.56 Å². The molecule has 5 heteroatoms. The molecule has 1 aromatic heterocycles. The van der Waals surface area contributed by atoms with Crippen molar-refractivity contribution < 1.29 is 0 Å². The normalized spacial score (nSPS) is 11.5. The minimum atomic E-state index is -0.101. The lowest BCUT2D eigenvalue weighted by molar-refractivity contribution is 0.623. The van der Waals surface area contributed by atoms with E-state index in [2.05, 4.69) is 66.5 Å². The summed E-state index contributed by atoms with van der Waals surface area (Å²) < 4.78 is 0. The summed E-state index contributed by atoms with van der Waals surface area (Å²) in [7, 11) is 0. The summed E-state index contributed by atoms with van der Waals surface area (Å²) in [4.78, 5) is 4.46. The van der Waals surface area contributed by atoms with E-state index in [4.69, 9.17) is 0 Å². The summed E-state index contributed by atoms with van der Waals surface area (Å²) >= 11 is 0. The number of hydrogen-bond acceptors (Lipinski definition) is 5. The van der Waals surface area contributed by atoms with Gasteiger partial charge in [-0.05, 0) is 38.3 Å². The number of benzene rings is 1. The van der Waals surface area contributed by atoms with Gasteiger partial charge in [-0.3, -0.25) is 0 Å². The lowest BCUT2D eigenvalue weighted by Crippen LogP contribution is -2.27. The van der Waals surface area contributed by atoms with Gasteiger partial charge in [0.25, 0.3) is 0 Å². The maximum atomic E-state index is 4.46. The van der Waals surface area contributed by atoms with Crippen LogP contribution in [0.5, 0.6) is 0 Å². The van der Waals surface area contributed by atoms with Crippen molar-refractivity contribution in [1.29, 1.82) is 0 Å². The molecule has 0 unspecified atom stereocenters. The molecule has 21 heavy (non-hydrogen) atoms. The fourth-order valence-corrected chi connectivity index (χ4v) is 2.00. The lowest BCUT2D eigenvalue weighted by atomic mass is 10.0. The van der Waals surface area contributed by atoms with Crippen molar-refractivity contribution in [3.8, 4) is 0 Å².